The maximum Gasteiger partial charge on any atom is 0.171 e. The van der Waals surface area contributed by atoms with Crippen molar-refractivity contribution in [3.8, 4) is 0 Å². The zero-order chi connectivity index (χ0) is 16.4. The second-order valence-corrected chi connectivity index (χ2v) is 6.40. The van der Waals surface area contributed by atoms with Crippen molar-refractivity contribution in [2.24, 2.45) is 0 Å². The number of rotatable bonds is 4. The van der Waals surface area contributed by atoms with E-state index in [9.17, 15) is 0 Å². The van der Waals surface area contributed by atoms with Crippen LogP contribution in [0.5, 0.6) is 0 Å². The molecule has 3 N–H and O–H groups in total. The number of hydrogen-bond acceptors (Lipinski definition) is 3. The maximum atomic E-state index is 5.27. The largest absolute Gasteiger partial charge is 0.360 e. The molecule has 0 unspecified atom stereocenters. The Morgan fingerprint density at radius 3 is 2.50 bits per heavy atom. The van der Waals surface area contributed by atoms with Crippen molar-refractivity contribution in [2.45, 2.75) is 18.9 Å². The fourth-order valence-corrected chi connectivity index (χ4v) is 2.82. The first-order valence-corrected chi connectivity index (χ1v) is 8.46. The summed E-state index contributed by atoms with van der Waals surface area (Å²) in [5.74, 6) is 0.803. The topological polar surface area (TPSA) is 49.0 Å². The minimum Gasteiger partial charge on any atom is -0.360 e. The van der Waals surface area contributed by atoms with E-state index in [-0.39, 0.29) is 0 Å². The van der Waals surface area contributed by atoms with Crippen molar-refractivity contribution in [3.63, 3.8) is 0 Å². The third kappa shape index (κ3) is 3.63. The van der Waals surface area contributed by atoms with E-state index < -0.39 is 0 Å². The SMILES string of the molecule is S=C(Nc1ccc(Nc2ccc3ccccc3c2)nc1)NC1CC1. The molecule has 120 valence electrons. The van der Waals surface area contributed by atoms with Crippen molar-refractivity contribution in [1.29, 1.82) is 0 Å². The van der Waals surface area contributed by atoms with E-state index >= 15 is 0 Å². The maximum absolute atomic E-state index is 5.27. The van der Waals surface area contributed by atoms with Gasteiger partial charge in [0, 0.05) is 11.7 Å². The molecule has 4 rings (SSSR count). The lowest BCUT2D eigenvalue weighted by molar-refractivity contribution is 0.919. The molecule has 3 aromatic rings. The van der Waals surface area contributed by atoms with E-state index in [1.165, 1.54) is 23.6 Å². The molecule has 1 aromatic heterocycles. The van der Waals surface area contributed by atoms with Gasteiger partial charge in [0.05, 0.1) is 11.9 Å². The summed E-state index contributed by atoms with van der Waals surface area (Å²) in [4.78, 5) is 4.44. The fourth-order valence-electron chi connectivity index (χ4n) is 2.54. The highest BCUT2D eigenvalue weighted by Crippen LogP contribution is 2.22. The van der Waals surface area contributed by atoms with Crippen molar-refractivity contribution >= 4 is 45.3 Å². The van der Waals surface area contributed by atoms with E-state index in [1.54, 1.807) is 6.20 Å². The highest BCUT2D eigenvalue weighted by molar-refractivity contribution is 7.80. The van der Waals surface area contributed by atoms with Crippen LogP contribution in [0.2, 0.25) is 0 Å². The third-order valence-corrected chi connectivity index (χ3v) is 4.18. The zero-order valence-electron chi connectivity index (χ0n) is 13.1. The van der Waals surface area contributed by atoms with Crippen LogP contribution in [0.25, 0.3) is 10.8 Å². The molecular weight excluding hydrogens is 316 g/mol. The summed E-state index contributed by atoms with van der Waals surface area (Å²) in [5.41, 5.74) is 1.91. The Hall–Kier alpha value is -2.66. The van der Waals surface area contributed by atoms with Gasteiger partial charge >= 0.3 is 0 Å². The van der Waals surface area contributed by atoms with E-state index in [0.29, 0.717) is 11.2 Å². The van der Waals surface area contributed by atoms with Crippen molar-refractivity contribution in [3.05, 3.63) is 60.8 Å². The average molecular weight is 334 g/mol. The predicted molar refractivity (Wildman–Crippen MR) is 104 cm³/mol. The van der Waals surface area contributed by atoms with Crippen LogP contribution in [0.4, 0.5) is 17.2 Å². The number of hydrogen-bond donors (Lipinski definition) is 3. The summed E-state index contributed by atoms with van der Waals surface area (Å²) in [5, 5.41) is 12.8. The van der Waals surface area contributed by atoms with E-state index in [0.717, 1.165) is 17.2 Å². The van der Waals surface area contributed by atoms with Crippen LogP contribution >= 0.6 is 12.2 Å². The predicted octanol–water partition coefficient (Wildman–Crippen LogP) is 4.43. The molecule has 0 aliphatic heterocycles. The number of aromatic nitrogens is 1. The van der Waals surface area contributed by atoms with Gasteiger partial charge in [-0.25, -0.2) is 4.98 Å². The molecule has 1 aliphatic carbocycles. The summed E-state index contributed by atoms with van der Waals surface area (Å²) >= 11 is 5.27. The number of nitrogens with one attached hydrogen (secondary N) is 3. The van der Waals surface area contributed by atoms with Crippen LogP contribution in [-0.4, -0.2) is 16.1 Å². The monoisotopic (exact) mass is 334 g/mol. The zero-order valence-corrected chi connectivity index (χ0v) is 13.9. The van der Waals surface area contributed by atoms with Crippen LogP contribution in [0.3, 0.4) is 0 Å². The van der Waals surface area contributed by atoms with Gasteiger partial charge in [0.15, 0.2) is 5.11 Å². The highest BCUT2D eigenvalue weighted by atomic mass is 32.1. The van der Waals surface area contributed by atoms with Crippen molar-refractivity contribution in [2.75, 3.05) is 10.6 Å². The second kappa shape index (κ2) is 6.45. The Balaban J connectivity index is 1.42. The average Bonchev–Trinajstić information content (AvgIpc) is 3.40. The van der Waals surface area contributed by atoms with Crippen molar-refractivity contribution < 1.29 is 0 Å². The standard InChI is InChI=1S/C19H18N4S/c24-19(22-15-7-8-15)23-17-9-10-18(20-12-17)21-16-6-5-13-3-1-2-4-14(13)11-16/h1-6,9-12,15H,7-8H2,(H,20,21)(H2,22,23,24). The first-order valence-electron chi connectivity index (χ1n) is 8.06. The molecule has 24 heavy (non-hydrogen) atoms. The molecule has 1 heterocycles. The number of fused-ring (bicyclic) bond motifs is 1. The van der Waals surface area contributed by atoms with Crippen molar-refractivity contribution in [1.82, 2.24) is 10.3 Å². The Morgan fingerprint density at radius 2 is 1.75 bits per heavy atom. The Labute approximate surface area is 146 Å². The van der Waals surface area contributed by atoms with Gasteiger partial charge in [-0.1, -0.05) is 30.3 Å². The van der Waals surface area contributed by atoms with E-state index in [1.807, 2.05) is 24.3 Å². The minimum atomic E-state index is 0.548. The summed E-state index contributed by atoms with van der Waals surface area (Å²) in [6.45, 7) is 0. The van der Waals surface area contributed by atoms with Gasteiger partial charge in [-0.3, -0.25) is 0 Å². The molecule has 0 atom stereocenters. The summed E-state index contributed by atoms with van der Waals surface area (Å²) < 4.78 is 0. The quantitative estimate of drug-likeness (QED) is 0.616. The molecule has 2 aromatic carbocycles. The number of benzene rings is 2. The summed E-state index contributed by atoms with van der Waals surface area (Å²) in [7, 11) is 0. The van der Waals surface area contributed by atoms with Crippen LogP contribution in [0.1, 0.15) is 12.8 Å². The Morgan fingerprint density at radius 1 is 0.958 bits per heavy atom. The molecule has 1 fully saturated rings. The number of anilines is 3. The van der Waals surface area contributed by atoms with E-state index in [2.05, 4.69) is 51.3 Å². The molecule has 0 bridgehead atoms. The smallest absolute Gasteiger partial charge is 0.171 e. The molecule has 4 nitrogen and oxygen atoms in total. The Kier molecular flexibility index (Phi) is 4.01. The second-order valence-electron chi connectivity index (χ2n) is 5.99. The van der Waals surface area contributed by atoms with E-state index in [4.69, 9.17) is 12.2 Å². The lowest BCUT2D eigenvalue weighted by Gasteiger charge is -2.11. The molecule has 0 radical (unpaired) electrons. The molecule has 1 aliphatic rings. The van der Waals surface area contributed by atoms with Gasteiger partial charge in [0.25, 0.3) is 0 Å². The minimum absolute atomic E-state index is 0.548. The first kappa shape index (κ1) is 14.9. The number of nitrogens with zero attached hydrogens (tertiary/aromatic N) is 1. The van der Waals surface area contributed by atoms with Gasteiger partial charge in [-0.15, -0.1) is 0 Å². The van der Waals surface area contributed by atoms with Crippen LogP contribution < -0.4 is 16.0 Å². The lowest BCUT2D eigenvalue weighted by atomic mass is 10.1. The first-order chi connectivity index (χ1) is 11.8. The summed E-state index contributed by atoms with van der Waals surface area (Å²) in [6.07, 6.45) is 4.19. The Bertz CT molecular complexity index is 872. The van der Waals surface area contributed by atoms with Gasteiger partial charge in [-0.05, 0) is 60.1 Å². The third-order valence-electron chi connectivity index (χ3n) is 3.96. The molecular formula is C19H18N4S. The number of pyridine rings is 1. The molecule has 0 saturated heterocycles. The molecule has 1 saturated carbocycles. The molecule has 0 spiro atoms. The van der Waals surface area contributed by atoms with Crippen LogP contribution in [0.15, 0.2) is 60.8 Å². The van der Waals surface area contributed by atoms with Gasteiger partial charge in [0.2, 0.25) is 0 Å². The van der Waals surface area contributed by atoms with Crippen LogP contribution in [0, 0.1) is 0 Å². The summed E-state index contributed by atoms with van der Waals surface area (Å²) in [6, 6.07) is 19.1. The lowest BCUT2D eigenvalue weighted by Crippen LogP contribution is -2.30. The molecule has 0 amide bonds. The highest BCUT2D eigenvalue weighted by Gasteiger charge is 2.21. The van der Waals surface area contributed by atoms with Gasteiger partial charge in [0.1, 0.15) is 5.82 Å². The normalized spacial score (nSPS) is 13.5. The fraction of sp³-hybridized carbons (Fsp3) is 0.158. The van der Waals surface area contributed by atoms with Gasteiger partial charge in [-0.2, -0.15) is 0 Å². The molecule has 5 heteroatoms. The number of thiocarbonyl (C=S) groups is 1. The van der Waals surface area contributed by atoms with Crippen LogP contribution in [-0.2, 0) is 0 Å². The van der Waals surface area contributed by atoms with Gasteiger partial charge < -0.3 is 16.0 Å².